The Balaban J connectivity index is 1.80. The minimum atomic E-state index is 0.00852. The molecule has 2 aromatic carbocycles. The molecule has 0 bridgehead atoms. The van der Waals surface area contributed by atoms with Crippen molar-refractivity contribution in [2.75, 3.05) is 17.2 Å². The van der Waals surface area contributed by atoms with E-state index in [1.165, 1.54) is 11.1 Å². The van der Waals surface area contributed by atoms with E-state index in [4.69, 9.17) is 0 Å². The summed E-state index contributed by atoms with van der Waals surface area (Å²) in [4.78, 5) is 11.9. The lowest BCUT2D eigenvalue weighted by atomic mass is 10.1. The molecule has 0 heterocycles. The van der Waals surface area contributed by atoms with Gasteiger partial charge >= 0.3 is 0 Å². The van der Waals surface area contributed by atoms with E-state index in [1.54, 1.807) is 0 Å². The second-order valence-corrected chi connectivity index (χ2v) is 6.02. The van der Waals surface area contributed by atoms with Crippen molar-refractivity contribution in [1.29, 1.82) is 0 Å². The molecule has 0 aliphatic carbocycles. The van der Waals surface area contributed by atoms with Crippen molar-refractivity contribution in [1.82, 2.24) is 0 Å². The summed E-state index contributed by atoms with van der Waals surface area (Å²) in [6, 6.07) is 13.9. The zero-order valence-corrected chi connectivity index (χ0v) is 13.8. The highest BCUT2D eigenvalue weighted by Crippen LogP contribution is 2.15. The Hall–Kier alpha value is -1.81. The van der Waals surface area contributed by atoms with Gasteiger partial charge in [0.25, 0.3) is 0 Å². The summed E-state index contributed by atoms with van der Waals surface area (Å²) in [7, 11) is 0. The van der Waals surface area contributed by atoms with Crippen LogP contribution in [-0.4, -0.2) is 12.5 Å². The molecule has 2 N–H and O–H groups in total. The zero-order chi connectivity index (χ0) is 15.2. The number of anilines is 2. The largest absolute Gasteiger partial charge is 0.385 e. The Morgan fingerprint density at radius 1 is 1.00 bits per heavy atom. The van der Waals surface area contributed by atoms with Crippen LogP contribution in [0, 0.1) is 13.8 Å². The molecule has 0 aliphatic rings. The monoisotopic (exact) mass is 346 g/mol. The van der Waals surface area contributed by atoms with Crippen molar-refractivity contribution < 1.29 is 4.79 Å². The van der Waals surface area contributed by atoms with Gasteiger partial charge in [-0.25, -0.2) is 0 Å². The molecule has 21 heavy (non-hydrogen) atoms. The van der Waals surface area contributed by atoms with E-state index in [2.05, 4.69) is 58.6 Å². The third kappa shape index (κ3) is 5.23. The molecule has 4 heteroatoms. The van der Waals surface area contributed by atoms with Gasteiger partial charge in [0.15, 0.2) is 0 Å². The van der Waals surface area contributed by atoms with Crippen molar-refractivity contribution in [3.05, 3.63) is 58.1 Å². The molecule has 0 fully saturated rings. The van der Waals surface area contributed by atoms with Crippen molar-refractivity contribution in [2.24, 2.45) is 0 Å². The average molecular weight is 347 g/mol. The van der Waals surface area contributed by atoms with Crippen LogP contribution >= 0.6 is 15.9 Å². The molecule has 0 saturated carbocycles. The van der Waals surface area contributed by atoms with Gasteiger partial charge in [-0.15, -0.1) is 0 Å². The Morgan fingerprint density at radius 2 is 1.62 bits per heavy atom. The number of hydrogen-bond acceptors (Lipinski definition) is 2. The van der Waals surface area contributed by atoms with E-state index in [0.717, 1.165) is 15.8 Å². The SMILES string of the molecule is Cc1cc(C)cc(NCCC(=O)Nc2ccc(Br)cc2)c1. The molecule has 0 spiro atoms. The summed E-state index contributed by atoms with van der Waals surface area (Å²) in [5.41, 5.74) is 4.31. The molecule has 0 aliphatic heterocycles. The maximum Gasteiger partial charge on any atom is 0.226 e. The standard InChI is InChI=1S/C17H19BrN2O/c1-12-9-13(2)11-16(10-12)19-8-7-17(21)20-15-5-3-14(18)4-6-15/h3-6,9-11,19H,7-8H2,1-2H3,(H,20,21). The van der Waals surface area contributed by atoms with E-state index in [-0.39, 0.29) is 5.91 Å². The number of amides is 1. The van der Waals surface area contributed by atoms with Crippen LogP contribution in [0.4, 0.5) is 11.4 Å². The highest BCUT2D eigenvalue weighted by molar-refractivity contribution is 9.10. The van der Waals surface area contributed by atoms with Gasteiger partial charge in [0.2, 0.25) is 5.91 Å². The van der Waals surface area contributed by atoms with E-state index >= 15 is 0 Å². The smallest absolute Gasteiger partial charge is 0.226 e. The molecular weight excluding hydrogens is 328 g/mol. The predicted octanol–water partition coefficient (Wildman–Crippen LogP) is 4.51. The lowest BCUT2D eigenvalue weighted by Crippen LogP contribution is -2.16. The van der Waals surface area contributed by atoms with Gasteiger partial charge in [0.1, 0.15) is 0 Å². The maximum absolute atomic E-state index is 11.9. The molecule has 0 saturated heterocycles. The van der Waals surface area contributed by atoms with Crippen LogP contribution in [0.3, 0.4) is 0 Å². The summed E-state index contributed by atoms with van der Waals surface area (Å²) < 4.78 is 0.997. The molecule has 110 valence electrons. The number of rotatable bonds is 5. The molecule has 2 rings (SSSR count). The summed E-state index contributed by atoms with van der Waals surface area (Å²) in [6.45, 7) is 4.75. The highest BCUT2D eigenvalue weighted by Gasteiger charge is 2.02. The first-order valence-corrected chi connectivity index (χ1v) is 7.70. The van der Waals surface area contributed by atoms with Crippen molar-refractivity contribution in [3.8, 4) is 0 Å². The Labute approximate surface area is 133 Å². The third-order valence-corrected chi connectivity index (χ3v) is 3.56. The van der Waals surface area contributed by atoms with Gasteiger partial charge in [0.05, 0.1) is 0 Å². The number of carbonyl (C=O) groups is 1. The quantitative estimate of drug-likeness (QED) is 0.836. The molecule has 1 amide bonds. The zero-order valence-electron chi connectivity index (χ0n) is 12.2. The molecular formula is C17H19BrN2O. The number of aryl methyl sites for hydroxylation is 2. The summed E-state index contributed by atoms with van der Waals surface area (Å²) in [6.07, 6.45) is 0.434. The van der Waals surface area contributed by atoms with Crippen LogP contribution in [0.25, 0.3) is 0 Å². The molecule has 0 unspecified atom stereocenters. The first-order chi connectivity index (χ1) is 10.0. The van der Waals surface area contributed by atoms with E-state index in [9.17, 15) is 4.79 Å². The Bertz CT molecular complexity index is 603. The minimum Gasteiger partial charge on any atom is -0.385 e. The van der Waals surface area contributed by atoms with Gasteiger partial charge in [-0.3, -0.25) is 4.79 Å². The van der Waals surface area contributed by atoms with Crippen molar-refractivity contribution >= 4 is 33.2 Å². The predicted molar refractivity (Wildman–Crippen MR) is 91.8 cm³/mol. The number of benzene rings is 2. The van der Waals surface area contributed by atoms with Crippen molar-refractivity contribution in [3.63, 3.8) is 0 Å². The molecule has 0 atom stereocenters. The summed E-state index contributed by atoms with van der Waals surface area (Å²) >= 11 is 3.37. The second-order valence-electron chi connectivity index (χ2n) is 5.11. The first-order valence-electron chi connectivity index (χ1n) is 6.90. The maximum atomic E-state index is 11.9. The fraction of sp³-hybridized carbons (Fsp3) is 0.235. The summed E-state index contributed by atoms with van der Waals surface area (Å²) in [5.74, 6) is 0.00852. The van der Waals surface area contributed by atoms with Gasteiger partial charge in [-0.1, -0.05) is 22.0 Å². The molecule has 0 aromatic heterocycles. The Morgan fingerprint density at radius 3 is 2.24 bits per heavy atom. The van der Waals surface area contributed by atoms with E-state index in [0.29, 0.717) is 13.0 Å². The van der Waals surface area contributed by atoms with Gasteiger partial charge in [-0.05, 0) is 61.4 Å². The van der Waals surface area contributed by atoms with Crippen LogP contribution in [0.15, 0.2) is 46.9 Å². The lowest BCUT2D eigenvalue weighted by Gasteiger charge is -2.09. The van der Waals surface area contributed by atoms with E-state index in [1.807, 2.05) is 24.3 Å². The van der Waals surface area contributed by atoms with Gasteiger partial charge in [-0.2, -0.15) is 0 Å². The average Bonchev–Trinajstić information content (AvgIpc) is 2.40. The van der Waals surface area contributed by atoms with Crippen molar-refractivity contribution in [2.45, 2.75) is 20.3 Å². The van der Waals surface area contributed by atoms with Gasteiger partial charge in [0, 0.05) is 28.8 Å². The minimum absolute atomic E-state index is 0.00852. The van der Waals surface area contributed by atoms with Crippen LogP contribution in [0.5, 0.6) is 0 Å². The fourth-order valence-electron chi connectivity index (χ4n) is 2.15. The van der Waals surface area contributed by atoms with Gasteiger partial charge < -0.3 is 10.6 Å². The van der Waals surface area contributed by atoms with Crippen LogP contribution < -0.4 is 10.6 Å². The number of hydrogen-bond donors (Lipinski definition) is 2. The normalized spacial score (nSPS) is 10.2. The van der Waals surface area contributed by atoms with Crippen LogP contribution in [0.2, 0.25) is 0 Å². The fourth-order valence-corrected chi connectivity index (χ4v) is 2.42. The molecule has 3 nitrogen and oxygen atoms in total. The third-order valence-electron chi connectivity index (χ3n) is 3.03. The number of halogens is 1. The number of carbonyl (C=O) groups excluding carboxylic acids is 1. The van der Waals surface area contributed by atoms with Crippen LogP contribution in [-0.2, 0) is 4.79 Å². The van der Waals surface area contributed by atoms with E-state index < -0.39 is 0 Å². The van der Waals surface area contributed by atoms with Crippen LogP contribution in [0.1, 0.15) is 17.5 Å². The topological polar surface area (TPSA) is 41.1 Å². The highest BCUT2D eigenvalue weighted by atomic mass is 79.9. The number of nitrogens with one attached hydrogen (secondary N) is 2. The lowest BCUT2D eigenvalue weighted by molar-refractivity contribution is -0.115. The summed E-state index contributed by atoms with van der Waals surface area (Å²) in [5, 5.41) is 6.16. The molecule has 2 aromatic rings. The second kappa shape index (κ2) is 7.27. The first kappa shape index (κ1) is 15.6. The Kier molecular flexibility index (Phi) is 5.39. The molecule has 0 radical (unpaired) electrons.